The lowest BCUT2D eigenvalue weighted by Crippen LogP contribution is -2.25. The second-order valence-electron chi connectivity index (χ2n) is 4.11. The minimum atomic E-state index is -1.44. The number of aliphatic carboxylic acids is 1. The molecule has 2 aromatic heterocycles. The van der Waals surface area contributed by atoms with Gasteiger partial charge in [-0.05, 0) is 35.0 Å². The molecule has 1 unspecified atom stereocenters. The van der Waals surface area contributed by atoms with Crippen molar-refractivity contribution in [1.29, 1.82) is 0 Å². The van der Waals surface area contributed by atoms with Gasteiger partial charge in [-0.3, -0.25) is 4.79 Å². The molecule has 0 radical (unpaired) electrons. The lowest BCUT2D eigenvalue weighted by Gasteiger charge is -2.19. The Morgan fingerprint density at radius 2 is 2.21 bits per heavy atom. The molecule has 0 amide bonds. The van der Waals surface area contributed by atoms with Crippen LogP contribution in [0.3, 0.4) is 0 Å². The van der Waals surface area contributed by atoms with Gasteiger partial charge in [0.15, 0.2) is 0 Å². The monoisotopic (exact) mass is 326 g/mol. The van der Waals surface area contributed by atoms with Crippen LogP contribution in [0.5, 0.6) is 0 Å². The third kappa shape index (κ3) is 2.96. The van der Waals surface area contributed by atoms with E-state index in [-0.39, 0.29) is 12.2 Å². The molecule has 2 aromatic rings. The van der Waals surface area contributed by atoms with Crippen LogP contribution >= 0.6 is 15.9 Å². The van der Waals surface area contributed by atoms with E-state index in [1.54, 1.807) is 18.2 Å². The summed E-state index contributed by atoms with van der Waals surface area (Å²) in [5.41, 5.74) is -0.816. The molecule has 0 bridgehead atoms. The highest BCUT2D eigenvalue weighted by Gasteiger charge is 2.31. The Hall–Kier alpha value is -1.80. The molecule has 2 rings (SSSR count). The van der Waals surface area contributed by atoms with Crippen LogP contribution in [-0.2, 0) is 16.9 Å². The van der Waals surface area contributed by atoms with Gasteiger partial charge in [-0.25, -0.2) is 9.67 Å². The Bertz CT molecular complexity index is 611. The minimum absolute atomic E-state index is 0.236. The second-order valence-corrected chi connectivity index (χ2v) is 4.93. The largest absolute Gasteiger partial charge is 0.480 e. The Kier molecular flexibility index (Phi) is 3.63. The number of nitrogens with zero attached hydrogens (tertiary/aromatic N) is 4. The van der Waals surface area contributed by atoms with Gasteiger partial charge in [0.05, 0.1) is 11.9 Å². The Labute approximate surface area is 117 Å². The maximum atomic E-state index is 10.6. The van der Waals surface area contributed by atoms with Crippen LogP contribution in [0.4, 0.5) is 0 Å². The number of hydrogen-bond donors (Lipinski definition) is 2. The number of aromatic nitrogens is 4. The highest BCUT2D eigenvalue weighted by atomic mass is 79.9. The predicted molar refractivity (Wildman–Crippen MR) is 68.3 cm³/mol. The van der Waals surface area contributed by atoms with Gasteiger partial charge in [-0.15, -0.1) is 5.10 Å². The molecule has 0 aliphatic heterocycles. The number of halogens is 1. The van der Waals surface area contributed by atoms with Crippen molar-refractivity contribution >= 4 is 21.9 Å². The summed E-state index contributed by atoms with van der Waals surface area (Å²) < 4.78 is 1.73. The molecule has 0 aromatic carbocycles. The van der Waals surface area contributed by atoms with Crippen LogP contribution in [0.15, 0.2) is 29.0 Å². The summed E-state index contributed by atoms with van der Waals surface area (Å²) in [4.78, 5) is 14.7. The average molecular weight is 327 g/mol. The van der Waals surface area contributed by atoms with Crippen LogP contribution in [0.1, 0.15) is 18.3 Å². The molecule has 19 heavy (non-hydrogen) atoms. The Morgan fingerprint density at radius 3 is 2.84 bits per heavy atom. The van der Waals surface area contributed by atoms with Crippen molar-refractivity contribution < 1.29 is 15.0 Å². The summed E-state index contributed by atoms with van der Waals surface area (Å²) >= 11 is 3.22. The van der Waals surface area contributed by atoms with E-state index in [0.29, 0.717) is 10.3 Å². The Balaban J connectivity index is 2.33. The summed E-state index contributed by atoms with van der Waals surface area (Å²) in [5.74, 6) is -1.03. The lowest BCUT2D eigenvalue weighted by atomic mass is 9.98. The van der Waals surface area contributed by atoms with Crippen molar-refractivity contribution in [1.82, 2.24) is 20.0 Å². The molecular formula is C11H11BrN4O3. The van der Waals surface area contributed by atoms with Gasteiger partial charge in [-0.1, -0.05) is 11.3 Å². The average Bonchev–Trinajstić information content (AvgIpc) is 2.77. The van der Waals surface area contributed by atoms with Crippen LogP contribution in [0, 0.1) is 0 Å². The molecular weight excluding hydrogens is 316 g/mol. The first-order valence-corrected chi connectivity index (χ1v) is 6.16. The van der Waals surface area contributed by atoms with Gasteiger partial charge < -0.3 is 10.2 Å². The number of pyridine rings is 1. The van der Waals surface area contributed by atoms with E-state index in [2.05, 4.69) is 31.2 Å². The van der Waals surface area contributed by atoms with Crippen molar-refractivity contribution in [3.8, 4) is 0 Å². The summed E-state index contributed by atoms with van der Waals surface area (Å²) in [6.07, 6.45) is 1.39. The molecule has 7 nitrogen and oxygen atoms in total. The van der Waals surface area contributed by atoms with Gasteiger partial charge >= 0.3 is 5.97 Å². The second kappa shape index (κ2) is 5.06. The molecule has 0 fully saturated rings. The quantitative estimate of drug-likeness (QED) is 0.805. The normalized spacial score (nSPS) is 14.1. The van der Waals surface area contributed by atoms with Gasteiger partial charge in [0.1, 0.15) is 22.4 Å². The highest BCUT2D eigenvalue weighted by Crippen LogP contribution is 2.26. The smallest absolute Gasteiger partial charge is 0.325 e. The molecule has 1 atom stereocenters. The third-order valence-corrected chi connectivity index (χ3v) is 2.99. The van der Waals surface area contributed by atoms with E-state index in [9.17, 15) is 9.90 Å². The highest BCUT2D eigenvalue weighted by molar-refractivity contribution is 9.10. The van der Waals surface area contributed by atoms with E-state index in [4.69, 9.17) is 5.11 Å². The van der Waals surface area contributed by atoms with Crippen molar-refractivity contribution in [3.05, 3.63) is 40.4 Å². The molecule has 8 heteroatoms. The van der Waals surface area contributed by atoms with E-state index in [1.165, 1.54) is 13.1 Å². The van der Waals surface area contributed by atoms with E-state index in [0.717, 1.165) is 4.68 Å². The topological polar surface area (TPSA) is 101 Å². The molecule has 0 spiro atoms. The number of carboxylic acid groups (broad SMARTS) is 1. The van der Waals surface area contributed by atoms with Gasteiger partial charge in [0.25, 0.3) is 0 Å². The van der Waals surface area contributed by atoms with Gasteiger partial charge in [-0.2, -0.15) is 0 Å². The maximum Gasteiger partial charge on any atom is 0.325 e. The number of carbonyl (C=O) groups is 1. The fourth-order valence-electron chi connectivity index (χ4n) is 1.55. The molecule has 0 aliphatic carbocycles. The number of aliphatic hydroxyl groups is 1. The standard InChI is InChI=1S/C11H11BrN4O3/c1-11(19,7-3-2-4-9(12)13-7)8-5-16(15-14-8)6-10(17)18/h2-5,19H,6H2,1H3,(H,17,18). The summed E-state index contributed by atoms with van der Waals surface area (Å²) in [7, 11) is 0. The molecule has 100 valence electrons. The molecule has 2 heterocycles. The SMILES string of the molecule is CC(O)(c1cn(CC(=O)O)nn1)c1cccc(Br)n1. The first kappa shape index (κ1) is 13.6. The van der Waals surface area contributed by atoms with Crippen LogP contribution in [0.25, 0.3) is 0 Å². The fourth-order valence-corrected chi connectivity index (χ4v) is 1.89. The van der Waals surface area contributed by atoms with E-state index in [1.807, 2.05) is 0 Å². The zero-order valence-electron chi connectivity index (χ0n) is 9.99. The van der Waals surface area contributed by atoms with Gasteiger partial charge in [0.2, 0.25) is 0 Å². The molecule has 2 N–H and O–H groups in total. The van der Waals surface area contributed by atoms with Crippen molar-refractivity contribution in [2.75, 3.05) is 0 Å². The number of hydrogen-bond acceptors (Lipinski definition) is 5. The fraction of sp³-hybridized carbons (Fsp3) is 0.273. The van der Waals surface area contributed by atoms with Crippen LogP contribution in [-0.4, -0.2) is 36.2 Å². The summed E-state index contributed by atoms with van der Waals surface area (Å²) in [6.45, 7) is 1.21. The molecule has 0 saturated carbocycles. The van der Waals surface area contributed by atoms with Crippen LogP contribution < -0.4 is 0 Å². The molecule has 0 saturated heterocycles. The predicted octanol–water partition coefficient (Wildman–Crippen LogP) is 0.776. The summed E-state index contributed by atoms with van der Waals surface area (Å²) in [6, 6.07) is 5.13. The Morgan fingerprint density at radius 1 is 1.47 bits per heavy atom. The maximum absolute atomic E-state index is 10.6. The van der Waals surface area contributed by atoms with Crippen molar-refractivity contribution in [3.63, 3.8) is 0 Å². The first-order valence-electron chi connectivity index (χ1n) is 5.37. The van der Waals surface area contributed by atoms with E-state index >= 15 is 0 Å². The summed E-state index contributed by atoms with van der Waals surface area (Å²) in [5, 5.41) is 26.6. The first-order chi connectivity index (χ1) is 8.89. The molecule has 0 aliphatic rings. The lowest BCUT2D eigenvalue weighted by molar-refractivity contribution is -0.137. The van der Waals surface area contributed by atoms with E-state index < -0.39 is 11.6 Å². The minimum Gasteiger partial charge on any atom is -0.480 e. The number of rotatable bonds is 4. The number of carboxylic acids is 1. The van der Waals surface area contributed by atoms with Gasteiger partial charge in [0, 0.05) is 0 Å². The van der Waals surface area contributed by atoms with Crippen molar-refractivity contribution in [2.45, 2.75) is 19.1 Å². The van der Waals surface area contributed by atoms with Crippen LogP contribution in [0.2, 0.25) is 0 Å². The van der Waals surface area contributed by atoms with Crippen molar-refractivity contribution in [2.24, 2.45) is 0 Å². The zero-order chi connectivity index (χ0) is 14.0. The third-order valence-electron chi connectivity index (χ3n) is 2.55. The zero-order valence-corrected chi connectivity index (χ0v) is 11.6.